The molecule has 1 aromatic carbocycles. The van der Waals surface area contributed by atoms with Crippen molar-refractivity contribution in [2.45, 2.75) is 77.4 Å². The monoisotopic (exact) mass is 473 g/mol. The van der Waals surface area contributed by atoms with Gasteiger partial charge in [0.15, 0.2) is 14.4 Å². The summed E-state index contributed by atoms with van der Waals surface area (Å²) in [5.74, 6) is -1.18. The van der Waals surface area contributed by atoms with E-state index in [9.17, 15) is 14.7 Å². The van der Waals surface area contributed by atoms with Crippen LogP contribution in [0.1, 0.15) is 53.2 Å². The van der Waals surface area contributed by atoms with Crippen LogP contribution in [0, 0.1) is 0 Å². The minimum absolute atomic E-state index is 0.129. The number of hydrogen-bond donors (Lipinski definition) is 2. The third kappa shape index (κ3) is 7.22. The lowest BCUT2D eigenvalue weighted by molar-refractivity contribution is -0.142. The Bertz CT molecular complexity index is 692. The van der Waals surface area contributed by atoms with Crippen molar-refractivity contribution in [1.82, 2.24) is 5.32 Å². The summed E-state index contributed by atoms with van der Waals surface area (Å²) in [5.41, 5.74) is -0.0583. The number of hydrogen-bond acceptors (Lipinski definition) is 4. The Balaban J connectivity index is 3.30. The number of rotatable bonds is 6. The molecule has 1 rings (SSSR count). The smallest absolute Gasteiger partial charge is 0.408 e. The van der Waals surface area contributed by atoms with Crippen LogP contribution in [0.15, 0.2) is 28.7 Å². The number of carboxylic acids is 1. The Labute approximate surface area is 177 Å². The molecule has 0 spiro atoms. The molecule has 0 fully saturated rings. The van der Waals surface area contributed by atoms with Crippen molar-refractivity contribution in [3.05, 3.63) is 34.3 Å². The molecule has 0 aliphatic carbocycles. The third-order valence-electron chi connectivity index (χ3n) is 4.67. The zero-order chi connectivity index (χ0) is 21.9. The number of carbonyl (C=O) groups excluding carboxylic acids is 1. The molecule has 28 heavy (non-hydrogen) atoms. The van der Waals surface area contributed by atoms with Gasteiger partial charge in [-0.05, 0) is 56.6 Å². The van der Waals surface area contributed by atoms with Crippen molar-refractivity contribution in [1.29, 1.82) is 0 Å². The summed E-state index contributed by atoms with van der Waals surface area (Å²) in [6, 6.07) is 5.96. The summed E-state index contributed by atoms with van der Waals surface area (Å²) in [6.45, 7) is 15.5. The highest BCUT2D eigenvalue weighted by atomic mass is 79.9. The van der Waals surface area contributed by atoms with E-state index in [1.165, 1.54) is 0 Å². The maximum atomic E-state index is 12.3. The van der Waals surface area contributed by atoms with E-state index in [4.69, 9.17) is 9.16 Å². The fourth-order valence-electron chi connectivity index (χ4n) is 2.18. The predicted octanol–water partition coefficient (Wildman–Crippen LogP) is 5.49. The molecule has 0 bridgehead atoms. The van der Waals surface area contributed by atoms with Gasteiger partial charge in [-0.2, -0.15) is 0 Å². The summed E-state index contributed by atoms with van der Waals surface area (Å²) >= 11 is 3.39. The Kier molecular flexibility index (Phi) is 7.89. The molecule has 0 saturated heterocycles. The van der Waals surface area contributed by atoms with Crippen molar-refractivity contribution in [2.24, 2.45) is 0 Å². The molecular weight excluding hydrogens is 442 g/mol. The minimum Gasteiger partial charge on any atom is -0.480 e. The van der Waals surface area contributed by atoms with Gasteiger partial charge in [-0.1, -0.05) is 48.8 Å². The standard InChI is InChI=1S/C20H32BrNO5Si/c1-19(2,3)26-18(25)22-15(17(23)24)16(13-9-11-14(21)12-10-13)27-28(7,8)20(4,5)6/h9-12,15-16H,1-8H3,(H,22,25)(H,23,24)/t15-,16-/m1/s1. The highest BCUT2D eigenvalue weighted by molar-refractivity contribution is 9.10. The molecule has 1 aromatic rings. The first kappa shape index (κ1) is 24.7. The molecule has 0 saturated carbocycles. The van der Waals surface area contributed by atoms with Crippen LogP contribution < -0.4 is 5.32 Å². The van der Waals surface area contributed by atoms with E-state index < -0.39 is 38.1 Å². The first-order valence-electron chi connectivity index (χ1n) is 9.19. The van der Waals surface area contributed by atoms with Crippen LogP contribution >= 0.6 is 15.9 Å². The van der Waals surface area contributed by atoms with Gasteiger partial charge < -0.3 is 19.6 Å². The zero-order valence-corrected chi connectivity index (χ0v) is 20.5. The van der Waals surface area contributed by atoms with E-state index in [-0.39, 0.29) is 5.04 Å². The van der Waals surface area contributed by atoms with Crippen molar-refractivity contribution in [3.63, 3.8) is 0 Å². The van der Waals surface area contributed by atoms with Gasteiger partial charge in [0.2, 0.25) is 0 Å². The molecule has 0 unspecified atom stereocenters. The molecule has 6 nitrogen and oxygen atoms in total. The molecular formula is C20H32BrNO5Si. The molecule has 2 N–H and O–H groups in total. The Morgan fingerprint density at radius 2 is 1.57 bits per heavy atom. The molecule has 0 aromatic heterocycles. The number of benzene rings is 1. The first-order chi connectivity index (χ1) is 12.5. The molecule has 0 aliphatic heterocycles. The normalized spacial score (nSPS) is 14.9. The van der Waals surface area contributed by atoms with E-state index in [1.807, 2.05) is 25.2 Å². The van der Waals surface area contributed by atoms with Gasteiger partial charge >= 0.3 is 12.1 Å². The van der Waals surface area contributed by atoms with E-state index >= 15 is 0 Å². The highest BCUT2D eigenvalue weighted by Crippen LogP contribution is 2.40. The van der Waals surface area contributed by atoms with Crippen LogP contribution in [0.3, 0.4) is 0 Å². The Morgan fingerprint density at radius 3 is 1.96 bits per heavy atom. The second kappa shape index (κ2) is 8.96. The predicted molar refractivity (Wildman–Crippen MR) is 116 cm³/mol. The van der Waals surface area contributed by atoms with Crippen LogP contribution in [0.4, 0.5) is 4.79 Å². The van der Waals surface area contributed by atoms with Gasteiger partial charge in [-0.25, -0.2) is 9.59 Å². The summed E-state index contributed by atoms with van der Waals surface area (Å²) in [4.78, 5) is 24.4. The van der Waals surface area contributed by atoms with Gasteiger partial charge in [-0.15, -0.1) is 0 Å². The zero-order valence-electron chi connectivity index (χ0n) is 17.9. The lowest BCUT2D eigenvalue weighted by atomic mass is 10.0. The second-order valence-electron chi connectivity index (χ2n) is 9.31. The average molecular weight is 474 g/mol. The quantitative estimate of drug-likeness (QED) is 0.533. The molecule has 0 heterocycles. The number of halogens is 1. The number of ether oxygens (including phenoxy) is 1. The van der Waals surface area contributed by atoms with E-state index in [2.05, 4.69) is 42.0 Å². The molecule has 158 valence electrons. The maximum absolute atomic E-state index is 12.3. The first-order valence-corrected chi connectivity index (χ1v) is 12.9. The summed E-state index contributed by atoms with van der Waals surface area (Å²) in [5, 5.41) is 12.2. The number of alkyl carbamates (subject to hydrolysis) is 1. The topological polar surface area (TPSA) is 84.9 Å². The summed E-state index contributed by atoms with van der Waals surface area (Å²) < 4.78 is 12.6. The van der Waals surface area contributed by atoms with Crippen molar-refractivity contribution in [3.8, 4) is 0 Å². The van der Waals surface area contributed by atoms with Crippen molar-refractivity contribution >= 4 is 36.3 Å². The van der Waals surface area contributed by atoms with E-state index in [1.54, 1.807) is 32.9 Å². The minimum atomic E-state index is -2.34. The van der Waals surface area contributed by atoms with Crippen molar-refractivity contribution in [2.75, 3.05) is 0 Å². The fourth-order valence-corrected chi connectivity index (χ4v) is 3.70. The number of nitrogens with one attached hydrogen (secondary N) is 1. The third-order valence-corrected chi connectivity index (χ3v) is 9.65. The lowest BCUT2D eigenvalue weighted by Gasteiger charge is -2.41. The van der Waals surface area contributed by atoms with E-state index in [0.717, 1.165) is 4.47 Å². The van der Waals surface area contributed by atoms with Crippen LogP contribution in [0.5, 0.6) is 0 Å². The van der Waals surface area contributed by atoms with Gasteiger partial charge in [0, 0.05) is 4.47 Å². The average Bonchev–Trinajstić information content (AvgIpc) is 2.48. The fraction of sp³-hybridized carbons (Fsp3) is 0.600. The van der Waals surface area contributed by atoms with Crippen LogP contribution in [0.25, 0.3) is 0 Å². The van der Waals surface area contributed by atoms with Gasteiger partial charge in [-0.3, -0.25) is 0 Å². The van der Waals surface area contributed by atoms with Crippen LogP contribution in [-0.4, -0.2) is 37.1 Å². The lowest BCUT2D eigenvalue weighted by Crippen LogP contribution is -2.51. The summed E-state index contributed by atoms with van der Waals surface area (Å²) in [7, 11) is -2.34. The van der Waals surface area contributed by atoms with Crippen molar-refractivity contribution < 1.29 is 23.9 Å². The molecule has 0 radical (unpaired) electrons. The number of carboxylic acid groups (broad SMARTS) is 1. The molecule has 8 heteroatoms. The summed E-state index contributed by atoms with van der Waals surface area (Å²) in [6.07, 6.45) is -1.64. The number of aliphatic carboxylic acids is 1. The van der Waals surface area contributed by atoms with Gasteiger partial charge in [0.05, 0.1) is 0 Å². The molecule has 1 amide bonds. The highest BCUT2D eigenvalue weighted by Gasteiger charge is 2.43. The number of amides is 1. The van der Waals surface area contributed by atoms with Crippen LogP contribution in [-0.2, 0) is 14.0 Å². The van der Waals surface area contributed by atoms with E-state index in [0.29, 0.717) is 5.56 Å². The molecule has 0 aliphatic rings. The number of carbonyl (C=O) groups is 2. The van der Waals surface area contributed by atoms with Gasteiger partial charge in [0.1, 0.15) is 11.7 Å². The Hall–Kier alpha value is -1.38. The largest absolute Gasteiger partial charge is 0.480 e. The van der Waals surface area contributed by atoms with Gasteiger partial charge in [0.25, 0.3) is 0 Å². The molecule has 2 atom stereocenters. The Morgan fingerprint density at radius 1 is 1.07 bits per heavy atom. The van der Waals surface area contributed by atoms with Crippen LogP contribution in [0.2, 0.25) is 18.1 Å². The SMILES string of the molecule is CC(C)(C)OC(=O)N[C@@H](C(=O)O)[C@H](O[Si](C)(C)C(C)(C)C)c1ccc(Br)cc1. The maximum Gasteiger partial charge on any atom is 0.408 e. The second-order valence-corrected chi connectivity index (χ2v) is 15.0.